The first-order valence-corrected chi connectivity index (χ1v) is 7.62. The number of non-ortho nitro benzene ring substituents is 1. The smallest absolute Gasteiger partial charge is 0.270 e. The summed E-state index contributed by atoms with van der Waals surface area (Å²) >= 11 is 17.9. The normalized spacial score (nSPS) is 11.8. The number of hydrogen-bond donors (Lipinski definition) is 1. The molecule has 0 fully saturated rings. The quantitative estimate of drug-likeness (QED) is 0.602. The second kappa shape index (κ2) is 7.17. The number of rotatable bonds is 4. The Balaban J connectivity index is 2.20. The van der Waals surface area contributed by atoms with Gasteiger partial charge in [-0.1, -0.05) is 40.9 Å². The Hall–Kier alpha value is -1.82. The third kappa shape index (κ3) is 4.13. The number of halogens is 3. The van der Waals surface area contributed by atoms with Crippen molar-refractivity contribution in [3.05, 3.63) is 72.7 Å². The van der Waals surface area contributed by atoms with Crippen molar-refractivity contribution in [2.45, 2.75) is 13.0 Å². The van der Waals surface area contributed by atoms with Gasteiger partial charge in [-0.15, -0.1) is 0 Å². The SMILES string of the molecule is CC(NC(=O)c1ccc([N+](=O)[O-])cc1Cl)c1ccc(Cl)cc1Cl. The number of nitrogens with one attached hydrogen (secondary N) is 1. The predicted molar refractivity (Wildman–Crippen MR) is 90.4 cm³/mol. The molecule has 0 saturated carbocycles. The van der Waals surface area contributed by atoms with Crippen LogP contribution in [0.3, 0.4) is 0 Å². The van der Waals surface area contributed by atoms with Crippen molar-refractivity contribution in [3.63, 3.8) is 0 Å². The minimum Gasteiger partial charge on any atom is -0.345 e. The van der Waals surface area contributed by atoms with Gasteiger partial charge in [-0.3, -0.25) is 14.9 Å². The van der Waals surface area contributed by atoms with E-state index < -0.39 is 16.9 Å². The van der Waals surface area contributed by atoms with E-state index >= 15 is 0 Å². The molecule has 1 unspecified atom stereocenters. The van der Waals surface area contributed by atoms with Gasteiger partial charge in [0.15, 0.2) is 0 Å². The monoisotopic (exact) mass is 372 g/mol. The van der Waals surface area contributed by atoms with Crippen LogP contribution in [0.15, 0.2) is 36.4 Å². The van der Waals surface area contributed by atoms with Crippen molar-refractivity contribution in [2.24, 2.45) is 0 Å². The first-order valence-electron chi connectivity index (χ1n) is 6.49. The lowest BCUT2D eigenvalue weighted by molar-refractivity contribution is -0.384. The third-order valence-electron chi connectivity index (χ3n) is 3.18. The van der Waals surface area contributed by atoms with Crippen LogP contribution in [0.1, 0.15) is 28.9 Å². The lowest BCUT2D eigenvalue weighted by Gasteiger charge is -2.16. The molecule has 0 saturated heterocycles. The number of nitro groups is 1. The van der Waals surface area contributed by atoms with Gasteiger partial charge in [-0.25, -0.2) is 0 Å². The second-order valence-electron chi connectivity index (χ2n) is 4.78. The maximum atomic E-state index is 12.3. The Morgan fingerprint density at radius 2 is 1.83 bits per heavy atom. The number of nitro benzene ring substituents is 1. The molecule has 2 aromatic rings. The van der Waals surface area contributed by atoms with Gasteiger partial charge in [-0.05, 0) is 30.7 Å². The van der Waals surface area contributed by atoms with Gasteiger partial charge in [0.2, 0.25) is 0 Å². The molecule has 0 radical (unpaired) electrons. The fourth-order valence-corrected chi connectivity index (χ4v) is 2.84. The average Bonchev–Trinajstić information content (AvgIpc) is 2.46. The molecule has 120 valence electrons. The molecule has 0 spiro atoms. The summed E-state index contributed by atoms with van der Waals surface area (Å²) in [5.41, 5.74) is 0.664. The first kappa shape index (κ1) is 17.5. The topological polar surface area (TPSA) is 72.2 Å². The Bertz CT molecular complexity index is 781. The highest BCUT2D eigenvalue weighted by molar-refractivity contribution is 6.35. The van der Waals surface area contributed by atoms with Gasteiger partial charge >= 0.3 is 0 Å². The molecule has 0 aliphatic heterocycles. The highest BCUT2D eigenvalue weighted by Crippen LogP contribution is 2.27. The Labute approximate surface area is 147 Å². The van der Waals surface area contributed by atoms with Gasteiger partial charge in [0.1, 0.15) is 0 Å². The molecule has 1 atom stereocenters. The molecule has 23 heavy (non-hydrogen) atoms. The lowest BCUT2D eigenvalue weighted by Crippen LogP contribution is -2.27. The summed E-state index contributed by atoms with van der Waals surface area (Å²) < 4.78 is 0. The van der Waals surface area contributed by atoms with Crippen LogP contribution in [0.25, 0.3) is 0 Å². The van der Waals surface area contributed by atoms with Gasteiger partial charge in [0, 0.05) is 22.2 Å². The summed E-state index contributed by atoms with van der Waals surface area (Å²) in [5.74, 6) is -0.455. The summed E-state index contributed by atoms with van der Waals surface area (Å²) in [4.78, 5) is 22.4. The summed E-state index contributed by atoms with van der Waals surface area (Å²) in [6.45, 7) is 1.76. The van der Waals surface area contributed by atoms with Crippen molar-refractivity contribution in [1.82, 2.24) is 5.32 Å². The molecule has 2 rings (SSSR count). The lowest BCUT2D eigenvalue weighted by atomic mass is 10.1. The number of nitrogens with zero attached hydrogens (tertiary/aromatic N) is 1. The Kier molecular flexibility index (Phi) is 5.46. The highest BCUT2D eigenvalue weighted by Gasteiger charge is 2.18. The van der Waals surface area contributed by atoms with Crippen molar-refractivity contribution in [1.29, 1.82) is 0 Å². The van der Waals surface area contributed by atoms with Crippen LogP contribution in [-0.2, 0) is 0 Å². The molecule has 8 heteroatoms. The molecule has 0 aliphatic carbocycles. The van der Waals surface area contributed by atoms with Crippen LogP contribution in [0, 0.1) is 10.1 Å². The minimum atomic E-state index is -0.580. The summed E-state index contributed by atoms with van der Waals surface area (Å²) in [6.07, 6.45) is 0. The largest absolute Gasteiger partial charge is 0.345 e. The van der Waals surface area contributed by atoms with Crippen LogP contribution in [0.2, 0.25) is 15.1 Å². The van der Waals surface area contributed by atoms with Gasteiger partial charge in [-0.2, -0.15) is 0 Å². The average molecular weight is 374 g/mol. The van der Waals surface area contributed by atoms with E-state index in [1.54, 1.807) is 25.1 Å². The second-order valence-corrected chi connectivity index (χ2v) is 6.03. The maximum Gasteiger partial charge on any atom is 0.270 e. The van der Waals surface area contributed by atoms with E-state index in [4.69, 9.17) is 34.8 Å². The fraction of sp³-hybridized carbons (Fsp3) is 0.133. The van der Waals surface area contributed by atoms with Gasteiger partial charge in [0.25, 0.3) is 11.6 Å². The molecular formula is C15H11Cl3N2O3. The molecule has 0 aliphatic rings. The van der Waals surface area contributed by atoms with E-state index in [0.29, 0.717) is 15.6 Å². The Morgan fingerprint density at radius 1 is 1.13 bits per heavy atom. The Morgan fingerprint density at radius 3 is 2.39 bits per heavy atom. The van der Waals surface area contributed by atoms with Crippen LogP contribution in [0.5, 0.6) is 0 Å². The molecule has 0 aromatic heterocycles. The van der Waals surface area contributed by atoms with E-state index in [0.717, 1.165) is 6.07 Å². The zero-order chi connectivity index (χ0) is 17.1. The van der Waals surface area contributed by atoms with Crippen molar-refractivity contribution < 1.29 is 9.72 Å². The molecular weight excluding hydrogens is 363 g/mol. The van der Waals surface area contributed by atoms with E-state index in [1.165, 1.54) is 12.1 Å². The van der Waals surface area contributed by atoms with E-state index in [-0.39, 0.29) is 16.3 Å². The van der Waals surface area contributed by atoms with E-state index in [1.807, 2.05) is 0 Å². The van der Waals surface area contributed by atoms with Crippen LogP contribution in [-0.4, -0.2) is 10.8 Å². The molecule has 5 nitrogen and oxygen atoms in total. The fourth-order valence-electron chi connectivity index (χ4n) is 2.01. The van der Waals surface area contributed by atoms with Gasteiger partial charge < -0.3 is 5.32 Å². The summed E-state index contributed by atoms with van der Waals surface area (Å²) in [6, 6.07) is 8.25. The first-order chi connectivity index (χ1) is 10.8. The van der Waals surface area contributed by atoms with E-state index in [2.05, 4.69) is 5.32 Å². The van der Waals surface area contributed by atoms with Crippen LogP contribution < -0.4 is 5.32 Å². The number of amides is 1. The summed E-state index contributed by atoms with van der Waals surface area (Å²) in [7, 11) is 0. The van der Waals surface area contributed by atoms with Gasteiger partial charge in [0.05, 0.1) is 21.6 Å². The highest BCUT2D eigenvalue weighted by atomic mass is 35.5. The summed E-state index contributed by atoms with van der Waals surface area (Å²) in [5, 5.41) is 14.4. The van der Waals surface area contributed by atoms with E-state index in [9.17, 15) is 14.9 Å². The third-order valence-corrected chi connectivity index (χ3v) is 4.06. The van der Waals surface area contributed by atoms with Crippen LogP contribution >= 0.6 is 34.8 Å². The van der Waals surface area contributed by atoms with Crippen LogP contribution in [0.4, 0.5) is 5.69 Å². The zero-order valence-electron chi connectivity index (χ0n) is 11.8. The molecule has 1 N–H and O–H groups in total. The number of carbonyl (C=O) groups excluding carboxylic acids is 1. The number of hydrogen-bond acceptors (Lipinski definition) is 3. The predicted octanol–water partition coefficient (Wildman–Crippen LogP) is 5.05. The maximum absolute atomic E-state index is 12.3. The van der Waals surface area contributed by atoms with Crippen molar-refractivity contribution in [3.8, 4) is 0 Å². The molecule has 0 bridgehead atoms. The number of carbonyl (C=O) groups is 1. The zero-order valence-corrected chi connectivity index (χ0v) is 14.1. The molecule has 1 amide bonds. The van der Waals surface area contributed by atoms with Crippen molar-refractivity contribution >= 4 is 46.4 Å². The number of benzene rings is 2. The minimum absolute atomic E-state index is 0.00565. The molecule has 2 aromatic carbocycles. The molecule has 0 heterocycles. The van der Waals surface area contributed by atoms with Crippen molar-refractivity contribution in [2.75, 3.05) is 0 Å². The standard InChI is InChI=1S/C15H11Cl3N2O3/c1-8(11-4-2-9(16)6-13(11)17)19-15(21)12-5-3-10(20(22)23)7-14(12)18/h2-8H,1H3,(H,19,21).